The Hall–Kier alpha value is -2.28. The first-order valence-corrected chi connectivity index (χ1v) is 6.70. The first-order chi connectivity index (χ1) is 10.1. The Labute approximate surface area is 123 Å². The standard InChI is InChI=1S/C14H20N4O3/c1-18-6-5-11(14(18)19)16-8-10-7-9(13(15)17-20)3-4-12(10)21-2/h3-4,7,11,16,20H,5-6,8H2,1-2H3,(H2,15,17). The monoisotopic (exact) mass is 292 g/mol. The third-order valence-corrected chi connectivity index (χ3v) is 3.65. The zero-order chi connectivity index (χ0) is 15.4. The van der Waals surface area contributed by atoms with Gasteiger partial charge in [0.1, 0.15) is 5.75 Å². The summed E-state index contributed by atoms with van der Waals surface area (Å²) in [5.41, 5.74) is 7.04. The van der Waals surface area contributed by atoms with E-state index in [0.29, 0.717) is 17.9 Å². The highest BCUT2D eigenvalue weighted by atomic mass is 16.5. The molecule has 1 saturated heterocycles. The lowest BCUT2D eigenvalue weighted by molar-refractivity contribution is -0.128. The predicted octanol–water partition coefficient (Wildman–Crippen LogP) is 0.110. The van der Waals surface area contributed by atoms with Crippen LogP contribution in [0, 0.1) is 0 Å². The van der Waals surface area contributed by atoms with E-state index in [2.05, 4.69) is 10.5 Å². The number of nitrogens with two attached hydrogens (primary N) is 1. The second kappa shape index (κ2) is 6.45. The molecule has 0 radical (unpaired) electrons. The third-order valence-electron chi connectivity index (χ3n) is 3.65. The van der Waals surface area contributed by atoms with Gasteiger partial charge in [0.2, 0.25) is 5.91 Å². The second-order valence-corrected chi connectivity index (χ2v) is 4.99. The Kier molecular flexibility index (Phi) is 4.64. The minimum atomic E-state index is -0.174. The maximum absolute atomic E-state index is 11.9. The lowest BCUT2D eigenvalue weighted by Gasteiger charge is -2.15. The Morgan fingerprint density at radius 1 is 1.62 bits per heavy atom. The van der Waals surface area contributed by atoms with Gasteiger partial charge in [0.15, 0.2) is 5.84 Å². The van der Waals surface area contributed by atoms with Crippen LogP contribution in [-0.2, 0) is 11.3 Å². The Balaban J connectivity index is 2.12. The smallest absolute Gasteiger partial charge is 0.239 e. The molecular weight excluding hydrogens is 272 g/mol. The minimum absolute atomic E-state index is 0.0376. The van der Waals surface area contributed by atoms with Crippen molar-refractivity contribution >= 4 is 11.7 Å². The summed E-state index contributed by atoms with van der Waals surface area (Å²) in [7, 11) is 3.38. The molecule has 0 saturated carbocycles. The number of carbonyl (C=O) groups is 1. The normalized spacial score (nSPS) is 19.1. The van der Waals surface area contributed by atoms with Gasteiger partial charge in [-0.3, -0.25) is 4.79 Å². The fourth-order valence-electron chi connectivity index (χ4n) is 2.38. The Morgan fingerprint density at radius 2 is 2.38 bits per heavy atom. The first kappa shape index (κ1) is 15.1. The molecule has 0 aliphatic carbocycles. The number of likely N-dealkylation sites (N-methyl/N-ethyl adjacent to an activating group) is 1. The van der Waals surface area contributed by atoms with Gasteiger partial charge in [0.25, 0.3) is 0 Å². The molecule has 1 fully saturated rings. The van der Waals surface area contributed by atoms with Crippen LogP contribution >= 0.6 is 0 Å². The number of rotatable bonds is 5. The van der Waals surface area contributed by atoms with E-state index < -0.39 is 0 Å². The molecule has 1 unspecified atom stereocenters. The van der Waals surface area contributed by atoms with Crippen molar-refractivity contribution in [2.75, 3.05) is 20.7 Å². The van der Waals surface area contributed by atoms with Gasteiger partial charge in [0.05, 0.1) is 13.2 Å². The molecule has 1 heterocycles. The van der Waals surface area contributed by atoms with Crippen molar-refractivity contribution < 1.29 is 14.7 Å². The number of methoxy groups -OCH3 is 1. The number of carbonyl (C=O) groups excluding carboxylic acids is 1. The minimum Gasteiger partial charge on any atom is -0.496 e. The molecule has 0 bridgehead atoms. The number of hydrogen-bond donors (Lipinski definition) is 3. The van der Waals surface area contributed by atoms with Gasteiger partial charge in [-0.15, -0.1) is 0 Å². The number of hydrogen-bond acceptors (Lipinski definition) is 5. The summed E-state index contributed by atoms with van der Waals surface area (Å²) in [6.07, 6.45) is 0.789. The fourth-order valence-corrected chi connectivity index (χ4v) is 2.38. The predicted molar refractivity (Wildman–Crippen MR) is 78.4 cm³/mol. The number of benzene rings is 1. The van der Waals surface area contributed by atoms with E-state index in [1.807, 2.05) is 0 Å². The number of oxime groups is 1. The molecule has 4 N–H and O–H groups in total. The lowest BCUT2D eigenvalue weighted by Crippen LogP contribution is -2.36. The number of amides is 1. The molecular formula is C14H20N4O3. The zero-order valence-corrected chi connectivity index (χ0v) is 12.2. The number of amidine groups is 1. The number of likely N-dealkylation sites (tertiary alicyclic amines) is 1. The molecule has 7 nitrogen and oxygen atoms in total. The number of nitrogens with zero attached hydrogens (tertiary/aromatic N) is 2. The van der Waals surface area contributed by atoms with E-state index in [0.717, 1.165) is 18.5 Å². The van der Waals surface area contributed by atoms with Gasteiger partial charge >= 0.3 is 0 Å². The van der Waals surface area contributed by atoms with Crippen LogP contribution in [0.2, 0.25) is 0 Å². The molecule has 21 heavy (non-hydrogen) atoms. The van der Waals surface area contributed by atoms with Crippen LogP contribution in [0.25, 0.3) is 0 Å². The summed E-state index contributed by atoms with van der Waals surface area (Å²) in [4.78, 5) is 13.6. The molecule has 114 valence electrons. The maximum atomic E-state index is 11.9. The van der Waals surface area contributed by atoms with Crippen LogP contribution in [0.1, 0.15) is 17.5 Å². The third kappa shape index (κ3) is 3.25. The van der Waals surface area contributed by atoms with Crippen LogP contribution in [0.3, 0.4) is 0 Å². The summed E-state index contributed by atoms with van der Waals surface area (Å²) in [5, 5.41) is 14.9. The van der Waals surface area contributed by atoms with Crippen molar-refractivity contribution in [2.24, 2.45) is 10.9 Å². The molecule has 0 aromatic heterocycles. The Bertz CT molecular complexity index is 559. The SMILES string of the molecule is COc1ccc(/C(N)=N/O)cc1CNC1CCN(C)C1=O. The zero-order valence-electron chi connectivity index (χ0n) is 12.2. The summed E-state index contributed by atoms with van der Waals surface area (Å²) >= 11 is 0. The van der Waals surface area contributed by atoms with Crippen LogP contribution in [0.15, 0.2) is 23.4 Å². The molecule has 0 spiro atoms. The van der Waals surface area contributed by atoms with Crippen molar-refractivity contribution in [3.8, 4) is 5.75 Å². The van der Waals surface area contributed by atoms with Crippen molar-refractivity contribution in [3.05, 3.63) is 29.3 Å². The molecule has 1 aliphatic heterocycles. The van der Waals surface area contributed by atoms with Crippen LogP contribution in [0.4, 0.5) is 0 Å². The van der Waals surface area contributed by atoms with Gasteiger partial charge in [-0.2, -0.15) is 0 Å². The van der Waals surface area contributed by atoms with Gasteiger partial charge in [-0.25, -0.2) is 0 Å². The molecule has 1 aliphatic rings. The van der Waals surface area contributed by atoms with Crippen molar-refractivity contribution in [1.29, 1.82) is 0 Å². The maximum Gasteiger partial charge on any atom is 0.239 e. The molecule has 1 amide bonds. The summed E-state index contributed by atoms with van der Waals surface area (Å²) < 4.78 is 5.30. The molecule has 1 aromatic rings. The van der Waals surface area contributed by atoms with E-state index in [1.165, 1.54) is 0 Å². The van der Waals surface area contributed by atoms with Crippen molar-refractivity contribution in [2.45, 2.75) is 19.0 Å². The van der Waals surface area contributed by atoms with E-state index in [4.69, 9.17) is 15.7 Å². The van der Waals surface area contributed by atoms with Crippen molar-refractivity contribution in [1.82, 2.24) is 10.2 Å². The lowest BCUT2D eigenvalue weighted by atomic mass is 10.1. The fraction of sp³-hybridized carbons (Fsp3) is 0.429. The quantitative estimate of drug-likeness (QED) is 0.309. The number of nitrogens with one attached hydrogen (secondary N) is 1. The summed E-state index contributed by atoms with van der Waals surface area (Å²) in [6, 6.07) is 5.08. The molecule has 1 aromatic carbocycles. The van der Waals surface area contributed by atoms with Crippen molar-refractivity contribution in [3.63, 3.8) is 0 Å². The van der Waals surface area contributed by atoms with Gasteiger partial charge < -0.3 is 25.9 Å². The summed E-state index contributed by atoms with van der Waals surface area (Å²) in [5.74, 6) is 0.827. The molecule has 7 heteroatoms. The first-order valence-electron chi connectivity index (χ1n) is 6.70. The average molecular weight is 292 g/mol. The average Bonchev–Trinajstić information content (AvgIpc) is 2.83. The number of ether oxygens (including phenoxy) is 1. The summed E-state index contributed by atoms with van der Waals surface area (Å²) in [6.45, 7) is 1.23. The highest BCUT2D eigenvalue weighted by Gasteiger charge is 2.28. The van der Waals surface area contributed by atoms with Crippen LogP contribution < -0.4 is 15.8 Å². The largest absolute Gasteiger partial charge is 0.496 e. The molecule has 2 rings (SSSR count). The van der Waals surface area contributed by atoms with Crippen LogP contribution in [-0.4, -0.2) is 48.6 Å². The highest BCUT2D eigenvalue weighted by Crippen LogP contribution is 2.20. The van der Waals surface area contributed by atoms with Crippen LogP contribution in [0.5, 0.6) is 5.75 Å². The Morgan fingerprint density at radius 3 is 2.95 bits per heavy atom. The van der Waals surface area contributed by atoms with Gasteiger partial charge in [-0.1, -0.05) is 5.16 Å². The van der Waals surface area contributed by atoms with E-state index in [9.17, 15) is 4.79 Å². The highest BCUT2D eigenvalue weighted by molar-refractivity contribution is 5.97. The van der Waals surface area contributed by atoms with E-state index >= 15 is 0 Å². The van der Waals surface area contributed by atoms with E-state index in [-0.39, 0.29) is 17.8 Å². The second-order valence-electron chi connectivity index (χ2n) is 4.99. The topological polar surface area (TPSA) is 100 Å². The molecule has 1 atom stereocenters. The van der Waals surface area contributed by atoms with E-state index in [1.54, 1.807) is 37.3 Å². The van der Waals surface area contributed by atoms with Gasteiger partial charge in [0, 0.05) is 31.3 Å². The van der Waals surface area contributed by atoms with Gasteiger partial charge in [-0.05, 0) is 24.6 Å².